The van der Waals surface area contributed by atoms with Crippen molar-refractivity contribution in [2.75, 3.05) is 19.6 Å². The van der Waals surface area contributed by atoms with Crippen molar-refractivity contribution in [3.8, 4) is 0 Å². The van der Waals surface area contributed by atoms with E-state index >= 15 is 0 Å². The first-order valence-electron chi connectivity index (χ1n) is 10.3. The molecule has 0 spiro atoms. The predicted octanol–water partition coefficient (Wildman–Crippen LogP) is 3.16. The third-order valence-corrected chi connectivity index (χ3v) is 5.37. The van der Waals surface area contributed by atoms with Crippen LogP contribution in [-0.2, 0) is 13.1 Å². The number of carbonyl (C=O) groups is 1. The van der Waals surface area contributed by atoms with Crippen molar-refractivity contribution in [1.29, 1.82) is 0 Å². The van der Waals surface area contributed by atoms with Crippen molar-refractivity contribution in [3.63, 3.8) is 0 Å². The van der Waals surface area contributed by atoms with Crippen molar-refractivity contribution in [1.82, 2.24) is 25.1 Å². The molecule has 1 aromatic heterocycles. The van der Waals surface area contributed by atoms with E-state index in [0.717, 1.165) is 43.5 Å². The summed E-state index contributed by atoms with van der Waals surface area (Å²) in [5, 5.41) is 6.05. The third-order valence-electron chi connectivity index (χ3n) is 5.37. The number of imidazole rings is 1. The molecule has 152 valence electrons. The number of hydrogen-bond donors (Lipinski definition) is 2. The second kappa shape index (κ2) is 9.73. The van der Waals surface area contributed by atoms with Gasteiger partial charge in [-0.2, -0.15) is 0 Å². The molecule has 0 saturated carbocycles. The van der Waals surface area contributed by atoms with E-state index < -0.39 is 0 Å². The van der Waals surface area contributed by atoms with Gasteiger partial charge in [-0.05, 0) is 50.3 Å². The van der Waals surface area contributed by atoms with Gasteiger partial charge in [0.15, 0.2) is 0 Å². The van der Waals surface area contributed by atoms with Crippen LogP contribution >= 0.6 is 0 Å². The van der Waals surface area contributed by atoms with E-state index in [2.05, 4.69) is 51.1 Å². The highest BCUT2D eigenvalue weighted by Crippen LogP contribution is 2.15. The molecule has 6 nitrogen and oxygen atoms in total. The van der Waals surface area contributed by atoms with Gasteiger partial charge in [-0.3, -0.25) is 0 Å². The molecular weight excluding hydrogens is 350 g/mol. The zero-order chi connectivity index (χ0) is 19.9. The molecule has 2 atom stereocenters. The second-order valence-electron chi connectivity index (χ2n) is 8.16. The van der Waals surface area contributed by atoms with Crippen LogP contribution < -0.4 is 10.6 Å². The number of piperidine rings is 1. The quantitative estimate of drug-likeness (QED) is 0.772. The zero-order valence-electron chi connectivity index (χ0n) is 17.3. The Hall–Kier alpha value is -2.34. The lowest BCUT2D eigenvalue weighted by Gasteiger charge is -2.32. The summed E-state index contributed by atoms with van der Waals surface area (Å²) in [6.07, 6.45) is 6.38. The molecule has 2 unspecified atom stereocenters. The van der Waals surface area contributed by atoms with Crippen LogP contribution in [0.15, 0.2) is 36.7 Å². The van der Waals surface area contributed by atoms with Gasteiger partial charge in [0.1, 0.15) is 5.82 Å². The molecule has 2 N–H and O–H groups in total. The summed E-state index contributed by atoms with van der Waals surface area (Å²) in [5.74, 6) is 1.76. The van der Waals surface area contributed by atoms with Gasteiger partial charge in [0.2, 0.25) is 0 Å². The van der Waals surface area contributed by atoms with Crippen molar-refractivity contribution >= 4 is 6.03 Å². The van der Waals surface area contributed by atoms with Crippen LogP contribution in [0.4, 0.5) is 4.79 Å². The summed E-state index contributed by atoms with van der Waals surface area (Å²) >= 11 is 0. The topological polar surface area (TPSA) is 62.2 Å². The fourth-order valence-electron chi connectivity index (χ4n) is 3.95. The molecule has 1 fully saturated rings. The van der Waals surface area contributed by atoms with E-state index in [0.29, 0.717) is 6.54 Å². The largest absolute Gasteiger partial charge is 0.334 e. The second-order valence-corrected chi connectivity index (χ2v) is 8.16. The first-order chi connectivity index (χ1) is 13.5. The van der Waals surface area contributed by atoms with Gasteiger partial charge in [-0.15, -0.1) is 0 Å². The molecular formula is C22H33N5O. The molecule has 2 aromatic rings. The fraction of sp³-hybridized carbons (Fsp3) is 0.545. The highest BCUT2D eigenvalue weighted by molar-refractivity contribution is 5.74. The summed E-state index contributed by atoms with van der Waals surface area (Å²) in [5.41, 5.74) is 2.30. The van der Waals surface area contributed by atoms with Crippen LogP contribution in [0.3, 0.4) is 0 Å². The summed E-state index contributed by atoms with van der Waals surface area (Å²) < 4.78 is 2.11. The molecule has 1 aromatic carbocycles. The number of urea groups is 1. The van der Waals surface area contributed by atoms with E-state index in [1.54, 1.807) is 0 Å². The molecule has 3 rings (SSSR count). The Labute approximate surface area is 168 Å². The van der Waals surface area contributed by atoms with Gasteiger partial charge >= 0.3 is 6.03 Å². The van der Waals surface area contributed by atoms with E-state index in [-0.39, 0.29) is 12.1 Å². The maximum absolute atomic E-state index is 12.3. The molecule has 1 aliphatic rings. The number of aromatic nitrogens is 2. The Morgan fingerprint density at radius 1 is 1.36 bits per heavy atom. The summed E-state index contributed by atoms with van der Waals surface area (Å²) in [6, 6.07) is 8.36. The average Bonchev–Trinajstić information content (AvgIpc) is 3.05. The van der Waals surface area contributed by atoms with E-state index in [1.165, 1.54) is 18.4 Å². The predicted molar refractivity (Wildman–Crippen MR) is 112 cm³/mol. The van der Waals surface area contributed by atoms with Crippen molar-refractivity contribution in [3.05, 3.63) is 53.6 Å². The number of rotatable bonds is 7. The lowest BCUT2D eigenvalue weighted by molar-refractivity contribution is 0.169. The standard InChI is InChI=1S/C22H33N5O/c1-17-6-5-10-26(14-17)15-18(2)25-22(28)24-13-20-7-4-8-21(12-20)16-27-11-9-23-19(27)3/h4,7-9,11-12,17-18H,5-6,10,13-16H2,1-3H3,(H2,24,25,28). The van der Waals surface area contributed by atoms with E-state index in [1.807, 2.05) is 31.5 Å². The van der Waals surface area contributed by atoms with Crippen LogP contribution in [0.25, 0.3) is 0 Å². The number of benzene rings is 1. The SMILES string of the molecule is Cc1nccn1Cc1cccc(CNC(=O)NC(C)CN2CCCC(C)C2)c1. The summed E-state index contributed by atoms with van der Waals surface area (Å²) in [7, 11) is 0. The van der Waals surface area contributed by atoms with Gasteiger partial charge in [0, 0.05) is 44.6 Å². The average molecular weight is 384 g/mol. The number of hydrogen-bond acceptors (Lipinski definition) is 3. The number of carbonyl (C=O) groups excluding carboxylic acids is 1. The Morgan fingerprint density at radius 2 is 2.18 bits per heavy atom. The minimum atomic E-state index is -0.103. The minimum absolute atomic E-state index is 0.103. The van der Waals surface area contributed by atoms with Crippen molar-refractivity contribution in [2.45, 2.75) is 52.7 Å². The van der Waals surface area contributed by atoms with E-state index in [9.17, 15) is 4.79 Å². The fourth-order valence-corrected chi connectivity index (χ4v) is 3.95. The van der Waals surface area contributed by atoms with Gasteiger partial charge in [0.05, 0.1) is 0 Å². The number of nitrogens with zero attached hydrogens (tertiary/aromatic N) is 3. The van der Waals surface area contributed by atoms with Crippen molar-refractivity contribution < 1.29 is 4.79 Å². The molecule has 2 heterocycles. The van der Waals surface area contributed by atoms with E-state index in [4.69, 9.17) is 0 Å². The maximum Gasteiger partial charge on any atom is 0.315 e. The number of nitrogens with one attached hydrogen (secondary N) is 2. The van der Waals surface area contributed by atoms with Gasteiger partial charge in [-0.1, -0.05) is 31.2 Å². The smallest absolute Gasteiger partial charge is 0.315 e. The summed E-state index contributed by atoms with van der Waals surface area (Å²) in [6.45, 7) is 10.9. The molecule has 2 amide bonds. The third kappa shape index (κ3) is 6.09. The lowest BCUT2D eigenvalue weighted by atomic mass is 10.00. The van der Waals surface area contributed by atoms with Crippen LogP contribution in [0.2, 0.25) is 0 Å². The molecule has 1 saturated heterocycles. The van der Waals surface area contributed by atoms with Gasteiger partial charge in [-0.25, -0.2) is 9.78 Å². The van der Waals surface area contributed by atoms with Crippen LogP contribution in [0.1, 0.15) is 43.6 Å². The molecule has 0 bridgehead atoms. The normalized spacial score (nSPS) is 18.6. The van der Waals surface area contributed by atoms with Gasteiger partial charge < -0.3 is 20.1 Å². The lowest BCUT2D eigenvalue weighted by Crippen LogP contribution is -2.47. The van der Waals surface area contributed by atoms with Crippen LogP contribution in [-0.4, -0.2) is 46.2 Å². The highest BCUT2D eigenvalue weighted by atomic mass is 16.2. The molecule has 28 heavy (non-hydrogen) atoms. The molecule has 6 heteroatoms. The van der Waals surface area contributed by atoms with Crippen LogP contribution in [0, 0.1) is 12.8 Å². The number of likely N-dealkylation sites (tertiary alicyclic amines) is 1. The molecule has 1 aliphatic heterocycles. The number of amides is 2. The molecule has 0 radical (unpaired) electrons. The van der Waals surface area contributed by atoms with Crippen molar-refractivity contribution in [2.24, 2.45) is 5.92 Å². The maximum atomic E-state index is 12.3. The molecule has 0 aliphatic carbocycles. The zero-order valence-corrected chi connectivity index (χ0v) is 17.3. The Morgan fingerprint density at radius 3 is 2.93 bits per heavy atom. The Kier molecular flexibility index (Phi) is 7.09. The van der Waals surface area contributed by atoms with Crippen LogP contribution in [0.5, 0.6) is 0 Å². The number of aryl methyl sites for hydroxylation is 1. The summed E-state index contributed by atoms with van der Waals surface area (Å²) in [4.78, 5) is 19.0. The monoisotopic (exact) mass is 383 g/mol. The van der Waals surface area contributed by atoms with Gasteiger partial charge in [0.25, 0.3) is 0 Å². The first-order valence-corrected chi connectivity index (χ1v) is 10.3. The minimum Gasteiger partial charge on any atom is -0.334 e. The Bertz CT molecular complexity index is 772. The first kappa shape index (κ1) is 20.4. The highest BCUT2D eigenvalue weighted by Gasteiger charge is 2.18. The Balaban J connectivity index is 1.44.